The largest absolute Gasteiger partial charge is 0.497 e. The fourth-order valence-corrected chi connectivity index (χ4v) is 4.97. The first kappa shape index (κ1) is 26.4. The van der Waals surface area contributed by atoms with Crippen molar-refractivity contribution in [3.05, 3.63) is 94.7 Å². The predicted octanol–water partition coefficient (Wildman–Crippen LogP) is 6.72. The molecule has 0 spiro atoms. The molecule has 7 nitrogen and oxygen atoms in total. The zero-order valence-corrected chi connectivity index (χ0v) is 23.0. The van der Waals surface area contributed by atoms with Gasteiger partial charge in [-0.2, -0.15) is 5.10 Å². The van der Waals surface area contributed by atoms with Crippen molar-refractivity contribution >= 4 is 5.91 Å². The van der Waals surface area contributed by atoms with Crippen molar-refractivity contribution < 1.29 is 19.0 Å². The molecule has 39 heavy (non-hydrogen) atoms. The number of carbonyl (C=O) groups excluding carboxylic acids is 1. The van der Waals surface area contributed by atoms with E-state index in [1.165, 1.54) is 5.56 Å². The molecule has 1 aromatic heterocycles. The maximum Gasteiger partial charge on any atom is 0.273 e. The van der Waals surface area contributed by atoms with E-state index in [0.717, 1.165) is 46.5 Å². The number of nitrogens with one attached hydrogen (secondary N) is 1. The minimum atomic E-state index is -0.353. The molecule has 1 N–H and O–H groups in total. The van der Waals surface area contributed by atoms with Crippen LogP contribution in [0.5, 0.6) is 17.2 Å². The molecule has 1 unspecified atom stereocenters. The number of ether oxygens (including phenoxy) is 3. The summed E-state index contributed by atoms with van der Waals surface area (Å²) in [5.74, 6) is 2.08. The Kier molecular flexibility index (Phi) is 7.87. The number of hydrogen-bond acceptors (Lipinski definition) is 5. The van der Waals surface area contributed by atoms with Crippen LogP contribution in [-0.2, 0) is 6.54 Å². The number of nitrogens with zero attached hydrogens (tertiary/aromatic N) is 2. The second-order valence-electron chi connectivity index (χ2n) is 9.75. The number of aromatic nitrogens is 2. The highest BCUT2D eigenvalue weighted by atomic mass is 16.5. The van der Waals surface area contributed by atoms with E-state index in [1.54, 1.807) is 7.11 Å². The Balaban J connectivity index is 1.59. The Morgan fingerprint density at radius 1 is 0.949 bits per heavy atom. The molecule has 7 heteroatoms. The van der Waals surface area contributed by atoms with Crippen LogP contribution >= 0.6 is 0 Å². The number of amides is 1. The number of H-pyrrole nitrogens is 1. The molecule has 0 aliphatic carbocycles. The van der Waals surface area contributed by atoms with Crippen LogP contribution in [0, 0.1) is 6.92 Å². The molecule has 202 valence electrons. The van der Waals surface area contributed by atoms with Crippen molar-refractivity contribution in [3.63, 3.8) is 0 Å². The monoisotopic (exact) mass is 525 g/mol. The van der Waals surface area contributed by atoms with Gasteiger partial charge >= 0.3 is 0 Å². The van der Waals surface area contributed by atoms with Gasteiger partial charge in [-0.25, -0.2) is 0 Å². The van der Waals surface area contributed by atoms with E-state index >= 15 is 0 Å². The normalized spacial score (nSPS) is 14.4. The molecule has 0 saturated carbocycles. The number of aryl methyl sites for hydroxylation is 1. The molecule has 1 amide bonds. The summed E-state index contributed by atoms with van der Waals surface area (Å²) >= 11 is 0. The smallest absolute Gasteiger partial charge is 0.273 e. The third kappa shape index (κ3) is 5.35. The van der Waals surface area contributed by atoms with Crippen molar-refractivity contribution in [2.24, 2.45) is 0 Å². The van der Waals surface area contributed by atoms with Gasteiger partial charge in [-0.1, -0.05) is 61.4 Å². The van der Waals surface area contributed by atoms with Crippen LogP contribution in [0.25, 0.3) is 11.3 Å². The number of fused-ring (bicyclic) bond motifs is 1. The van der Waals surface area contributed by atoms with Crippen molar-refractivity contribution in [2.75, 3.05) is 20.3 Å². The maximum atomic E-state index is 13.8. The average Bonchev–Trinajstić information content (AvgIpc) is 3.49. The number of carbonyl (C=O) groups is 1. The number of rotatable bonds is 11. The highest BCUT2D eigenvalue weighted by Crippen LogP contribution is 2.45. The van der Waals surface area contributed by atoms with Crippen LogP contribution in [0.3, 0.4) is 0 Å². The number of aromatic amines is 1. The summed E-state index contributed by atoms with van der Waals surface area (Å²) < 4.78 is 17.4. The highest BCUT2D eigenvalue weighted by Gasteiger charge is 2.42. The SMILES string of the molecule is CCCCOc1ccc(C2c3c(-c4ccc(C)cc4)n[nH]c3C(=O)N2Cc2ccc(OC)cc2)cc1OCC. The van der Waals surface area contributed by atoms with E-state index in [1.807, 2.05) is 54.3 Å². The van der Waals surface area contributed by atoms with E-state index in [9.17, 15) is 4.79 Å². The fraction of sp³-hybridized carbons (Fsp3) is 0.312. The first-order valence-corrected chi connectivity index (χ1v) is 13.5. The van der Waals surface area contributed by atoms with Crippen molar-refractivity contribution in [3.8, 4) is 28.5 Å². The van der Waals surface area contributed by atoms with Gasteiger partial charge in [-0.05, 0) is 55.7 Å². The van der Waals surface area contributed by atoms with Gasteiger partial charge in [-0.3, -0.25) is 9.89 Å². The van der Waals surface area contributed by atoms with E-state index in [-0.39, 0.29) is 11.9 Å². The molecule has 1 aliphatic rings. The Labute approximate surface area is 229 Å². The predicted molar refractivity (Wildman–Crippen MR) is 151 cm³/mol. The summed E-state index contributed by atoms with van der Waals surface area (Å²) in [5.41, 5.74) is 6.25. The second kappa shape index (κ2) is 11.6. The van der Waals surface area contributed by atoms with E-state index in [4.69, 9.17) is 14.2 Å². The van der Waals surface area contributed by atoms with Gasteiger partial charge in [0.05, 0.1) is 32.1 Å². The van der Waals surface area contributed by atoms with Crippen LogP contribution in [0.2, 0.25) is 0 Å². The summed E-state index contributed by atoms with van der Waals surface area (Å²) in [6.07, 6.45) is 2.02. The lowest BCUT2D eigenvalue weighted by Gasteiger charge is -2.27. The molecule has 0 bridgehead atoms. The highest BCUT2D eigenvalue weighted by molar-refractivity contribution is 6.00. The molecule has 3 aromatic carbocycles. The number of methoxy groups -OCH3 is 1. The topological polar surface area (TPSA) is 76.7 Å². The van der Waals surface area contributed by atoms with Gasteiger partial charge in [0, 0.05) is 17.7 Å². The zero-order chi connectivity index (χ0) is 27.4. The maximum absolute atomic E-state index is 13.8. The van der Waals surface area contributed by atoms with Crippen LogP contribution in [0.1, 0.15) is 65.5 Å². The number of hydrogen-bond donors (Lipinski definition) is 1. The number of benzene rings is 3. The summed E-state index contributed by atoms with van der Waals surface area (Å²) in [4.78, 5) is 15.7. The Morgan fingerprint density at radius 2 is 1.72 bits per heavy atom. The van der Waals surface area contributed by atoms with Crippen molar-refractivity contribution in [1.82, 2.24) is 15.1 Å². The summed E-state index contributed by atoms with van der Waals surface area (Å²) in [5, 5.41) is 7.66. The summed E-state index contributed by atoms with van der Waals surface area (Å²) in [6, 6.07) is 21.7. The average molecular weight is 526 g/mol. The minimum Gasteiger partial charge on any atom is -0.497 e. The summed E-state index contributed by atoms with van der Waals surface area (Å²) in [6.45, 7) is 7.73. The van der Waals surface area contributed by atoms with Gasteiger partial charge in [0.15, 0.2) is 11.5 Å². The lowest BCUT2D eigenvalue weighted by Crippen LogP contribution is -2.29. The molecule has 4 aromatic rings. The van der Waals surface area contributed by atoms with Gasteiger partial charge in [0.2, 0.25) is 0 Å². The molecule has 1 atom stereocenters. The molecule has 1 aliphatic heterocycles. The van der Waals surface area contributed by atoms with Crippen LogP contribution < -0.4 is 14.2 Å². The summed E-state index contributed by atoms with van der Waals surface area (Å²) in [7, 11) is 1.65. The number of unbranched alkanes of at least 4 members (excludes halogenated alkanes) is 1. The van der Waals surface area contributed by atoms with Gasteiger partial charge in [0.1, 0.15) is 11.4 Å². The molecule has 0 radical (unpaired) electrons. The van der Waals surface area contributed by atoms with Crippen LogP contribution in [-0.4, -0.2) is 41.3 Å². The lowest BCUT2D eigenvalue weighted by molar-refractivity contribution is 0.0729. The van der Waals surface area contributed by atoms with E-state index < -0.39 is 0 Å². The second-order valence-corrected chi connectivity index (χ2v) is 9.75. The first-order valence-electron chi connectivity index (χ1n) is 13.5. The Bertz CT molecular complexity index is 1430. The third-order valence-electron chi connectivity index (χ3n) is 7.04. The molecule has 5 rings (SSSR count). The lowest BCUT2D eigenvalue weighted by atomic mass is 9.95. The zero-order valence-electron chi connectivity index (χ0n) is 23.0. The first-order chi connectivity index (χ1) is 19.0. The van der Waals surface area contributed by atoms with Gasteiger partial charge in [-0.15, -0.1) is 0 Å². The molecule has 0 fully saturated rings. The molecule has 2 heterocycles. The third-order valence-corrected chi connectivity index (χ3v) is 7.04. The molecule has 0 saturated heterocycles. The minimum absolute atomic E-state index is 0.0853. The van der Waals surface area contributed by atoms with Crippen molar-refractivity contribution in [2.45, 2.75) is 46.2 Å². The Morgan fingerprint density at radius 3 is 2.41 bits per heavy atom. The van der Waals surface area contributed by atoms with Crippen molar-refractivity contribution in [1.29, 1.82) is 0 Å². The van der Waals surface area contributed by atoms with Gasteiger partial charge in [0.25, 0.3) is 5.91 Å². The Hall–Kier alpha value is -4.26. The van der Waals surface area contributed by atoms with Crippen LogP contribution in [0.4, 0.5) is 0 Å². The van der Waals surface area contributed by atoms with Gasteiger partial charge < -0.3 is 19.1 Å². The van der Waals surface area contributed by atoms with E-state index in [0.29, 0.717) is 37.0 Å². The van der Waals surface area contributed by atoms with E-state index in [2.05, 4.69) is 48.3 Å². The quantitative estimate of drug-likeness (QED) is 0.220. The fourth-order valence-electron chi connectivity index (χ4n) is 4.97. The molecular weight excluding hydrogens is 490 g/mol. The standard InChI is InChI=1S/C32H35N3O4/c1-5-7-18-39-26-17-14-24(19-27(26)38-6-2)31-28-29(23-12-8-21(3)9-13-23)33-34-30(28)32(36)35(31)20-22-10-15-25(37-4)16-11-22/h8-17,19,31H,5-7,18,20H2,1-4H3,(H,33,34). The molecular formula is C32H35N3O4. The van der Waals surface area contributed by atoms with Crippen LogP contribution in [0.15, 0.2) is 66.7 Å².